The lowest BCUT2D eigenvalue weighted by molar-refractivity contribution is -0.138. The van der Waals surface area contributed by atoms with E-state index in [2.05, 4.69) is 5.32 Å². The van der Waals surface area contributed by atoms with E-state index >= 15 is 0 Å². The van der Waals surface area contributed by atoms with Crippen LogP contribution in [-0.2, 0) is 20.8 Å². The molecule has 1 heterocycles. The van der Waals surface area contributed by atoms with Crippen molar-refractivity contribution in [1.29, 1.82) is 0 Å². The van der Waals surface area contributed by atoms with Gasteiger partial charge in [0, 0.05) is 32.4 Å². The first-order valence-corrected chi connectivity index (χ1v) is 7.22. The Balaban J connectivity index is 1.69. The van der Waals surface area contributed by atoms with E-state index in [-0.39, 0.29) is 24.3 Å². The summed E-state index contributed by atoms with van der Waals surface area (Å²) >= 11 is 0. The van der Waals surface area contributed by atoms with Gasteiger partial charge in [0.1, 0.15) is 0 Å². The Morgan fingerprint density at radius 2 is 1.86 bits per heavy atom. The van der Waals surface area contributed by atoms with Crippen LogP contribution in [0.1, 0.15) is 30.4 Å². The lowest BCUT2D eigenvalue weighted by Gasteiger charge is -2.14. The number of likely N-dealkylation sites (tertiary alicyclic amines) is 1. The summed E-state index contributed by atoms with van der Waals surface area (Å²) in [6.07, 6.45) is 1.69. The normalized spacial score (nSPS) is 14.6. The van der Waals surface area contributed by atoms with Crippen LogP contribution in [-0.4, -0.2) is 35.7 Å². The van der Waals surface area contributed by atoms with E-state index in [4.69, 9.17) is 0 Å². The molecule has 1 fully saturated rings. The van der Waals surface area contributed by atoms with Crippen LogP contribution in [0.4, 0.5) is 0 Å². The van der Waals surface area contributed by atoms with Gasteiger partial charge in [-0.3, -0.25) is 19.3 Å². The zero-order valence-corrected chi connectivity index (χ0v) is 12.2. The Kier molecular flexibility index (Phi) is 5.09. The van der Waals surface area contributed by atoms with E-state index < -0.39 is 0 Å². The summed E-state index contributed by atoms with van der Waals surface area (Å²) in [5.74, 6) is -0.347. The number of benzene rings is 1. The number of nitrogens with zero attached hydrogens (tertiary/aromatic N) is 1. The van der Waals surface area contributed by atoms with Crippen LogP contribution < -0.4 is 5.32 Å². The van der Waals surface area contributed by atoms with Gasteiger partial charge in [-0.25, -0.2) is 0 Å². The lowest BCUT2D eigenvalue weighted by Crippen LogP contribution is -2.37. The number of nitrogens with one attached hydrogen (secondary N) is 1. The molecule has 1 aliphatic heterocycles. The zero-order valence-electron chi connectivity index (χ0n) is 12.2. The van der Waals surface area contributed by atoms with Gasteiger partial charge in [0.05, 0.1) is 0 Å². The monoisotopic (exact) mass is 288 g/mol. The second-order valence-electron chi connectivity index (χ2n) is 5.22. The summed E-state index contributed by atoms with van der Waals surface area (Å²) in [5.41, 5.74) is 2.34. The molecule has 1 N–H and O–H groups in total. The van der Waals surface area contributed by atoms with Crippen LogP contribution in [0.15, 0.2) is 24.3 Å². The first-order valence-electron chi connectivity index (χ1n) is 7.22. The molecule has 0 atom stereocenters. The van der Waals surface area contributed by atoms with Crippen molar-refractivity contribution in [3.8, 4) is 0 Å². The minimum absolute atomic E-state index is 0.0580. The Labute approximate surface area is 124 Å². The van der Waals surface area contributed by atoms with E-state index in [1.807, 2.05) is 31.2 Å². The second kappa shape index (κ2) is 7.02. The SMILES string of the molecule is Cc1ccccc1CCC(=O)NCCN1C(=O)CCC1=O. The van der Waals surface area contributed by atoms with Crippen molar-refractivity contribution in [1.82, 2.24) is 10.2 Å². The Morgan fingerprint density at radius 1 is 1.19 bits per heavy atom. The highest BCUT2D eigenvalue weighted by atomic mass is 16.2. The van der Waals surface area contributed by atoms with Crippen molar-refractivity contribution in [3.05, 3.63) is 35.4 Å². The molecule has 0 spiro atoms. The second-order valence-corrected chi connectivity index (χ2v) is 5.22. The summed E-state index contributed by atoms with van der Waals surface area (Å²) in [6.45, 7) is 2.62. The van der Waals surface area contributed by atoms with Crippen LogP contribution in [0.25, 0.3) is 0 Å². The van der Waals surface area contributed by atoms with Crippen LogP contribution in [0.5, 0.6) is 0 Å². The van der Waals surface area contributed by atoms with Gasteiger partial charge in [-0.1, -0.05) is 24.3 Å². The standard InChI is InChI=1S/C16H20N2O3/c1-12-4-2-3-5-13(12)6-7-14(19)17-10-11-18-15(20)8-9-16(18)21/h2-5H,6-11H2,1H3,(H,17,19). The smallest absolute Gasteiger partial charge is 0.229 e. The largest absolute Gasteiger partial charge is 0.354 e. The van der Waals surface area contributed by atoms with Crippen LogP contribution in [0, 0.1) is 6.92 Å². The Morgan fingerprint density at radius 3 is 2.52 bits per heavy atom. The maximum absolute atomic E-state index is 11.8. The van der Waals surface area contributed by atoms with Gasteiger partial charge in [0.2, 0.25) is 17.7 Å². The molecule has 1 aromatic carbocycles. The van der Waals surface area contributed by atoms with Crippen molar-refractivity contribution in [3.63, 3.8) is 0 Å². The van der Waals surface area contributed by atoms with Crippen molar-refractivity contribution in [2.45, 2.75) is 32.6 Å². The number of hydrogen-bond acceptors (Lipinski definition) is 3. The predicted molar refractivity (Wildman–Crippen MR) is 78.5 cm³/mol. The molecular weight excluding hydrogens is 268 g/mol. The molecule has 0 aliphatic carbocycles. The summed E-state index contributed by atoms with van der Waals surface area (Å²) in [5, 5.41) is 2.76. The van der Waals surface area contributed by atoms with Gasteiger partial charge in [-0.05, 0) is 24.5 Å². The molecule has 0 radical (unpaired) electrons. The molecule has 5 heteroatoms. The number of carbonyl (C=O) groups is 3. The summed E-state index contributed by atoms with van der Waals surface area (Å²) in [6, 6.07) is 7.98. The molecule has 0 bridgehead atoms. The van der Waals surface area contributed by atoms with E-state index in [1.54, 1.807) is 0 Å². The minimum atomic E-state index is -0.144. The van der Waals surface area contributed by atoms with Crippen LogP contribution in [0.3, 0.4) is 0 Å². The zero-order chi connectivity index (χ0) is 15.2. The molecule has 1 saturated heterocycles. The molecular formula is C16H20N2O3. The molecule has 3 amide bonds. The van der Waals surface area contributed by atoms with Gasteiger partial charge in [-0.15, -0.1) is 0 Å². The maximum Gasteiger partial charge on any atom is 0.229 e. The van der Waals surface area contributed by atoms with Crippen LogP contribution >= 0.6 is 0 Å². The van der Waals surface area contributed by atoms with Gasteiger partial charge >= 0.3 is 0 Å². The highest BCUT2D eigenvalue weighted by Crippen LogP contribution is 2.11. The van der Waals surface area contributed by atoms with Crippen molar-refractivity contribution < 1.29 is 14.4 Å². The Hall–Kier alpha value is -2.17. The minimum Gasteiger partial charge on any atom is -0.354 e. The fourth-order valence-electron chi connectivity index (χ4n) is 2.41. The average Bonchev–Trinajstić information content (AvgIpc) is 2.78. The molecule has 112 valence electrons. The van der Waals surface area contributed by atoms with Crippen molar-refractivity contribution in [2.75, 3.05) is 13.1 Å². The van der Waals surface area contributed by atoms with E-state index in [1.165, 1.54) is 10.5 Å². The molecule has 0 unspecified atom stereocenters. The fourth-order valence-corrected chi connectivity index (χ4v) is 2.41. The third-order valence-electron chi connectivity index (χ3n) is 3.70. The number of imide groups is 1. The molecule has 1 aliphatic rings. The van der Waals surface area contributed by atoms with Gasteiger partial charge < -0.3 is 5.32 Å². The molecule has 1 aromatic rings. The van der Waals surface area contributed by atoms with E-state index in [9.17, 15) is 14.4 Å². The molecule has 2 rings (SSSR count). The third kappa shape index (κ3) is 4.15. The first kappa shape index (κ1) is 15.2. The van der Waals surface area contributed by atoms with Crippen molar-refractivity contribution >= 4 is 17.7 Å². The molecule has 21 heavy (non-hydrogen) atoms. The van der Waals surface area contributed by atoms with Gasteiger partial charge in [0.25, 0.3) is 0 Å². The van der Waals surface area contributed by atoms with E-state index in [0.717, 1.165) is 5.56 Å². The average molecular weight is 288 g/mol. The lowest BCUT2D eigenvalue weighted by atomic mass is 10.0. The highest BCUT2D eigenvalue weighted by Gasteiger charge is 2.28. The first-order chi connectivity index (χ1) is 10.1. The highest BCUT2D eigenvalue weighted by molar-refractivity contribution is 6.01. The summed E-state index contributed by atoms with van der Waals surface area (Å²) in [7, 11) is 0. The van der Waals surface area contributed by atoms with Gasteiger partial charge in [-0.2, -0.15) is 0 Å². The number of aryl methyl sites for hydroxylation is 2. The predicted octanol–water partition coefficient (Wildman–Crippen LogP) is 1.19. The van der Waals surface area contributed by atoms with Crippen molar-refractivity contribution in [2.24, 2.45) is 0 Å². The molecule has 5 nitrogen and oxygen atoms in total. The number of hydrogen-bond donors (Lipinski definition) is 1. The molecule has 0 aromatic heterocycles. The van der Waals surface area contributed by atoms with Gasteiger partial charge in [0.15, 0.2) is 0 Å². The fraction of sp³-hybridized carbons (Fsp3) is 0.438. The third-order valence-corrected chi connectivity index (χ3v) is 3.70. The van der Waals surface area contributed by atoms with Crippen LogP contribution in [0.2, 0.25) is 0 Å². The topological polar surface area (TPSA) is 66.5 Å². The Bertz CT molecular complexity index is 538. The molecule has 0 saturated carbocycles. The maximum atomic E-state index is 11.8. The summed E-state index contributed by atoms with van der Waals surface area (Å²) < 4.78 is 0. The number of rotatable bonds is 6. The summed E-state index contributed by atoms with van der Waals surface area (Å²) in [4.78, 5) is 35.8. The number of carbonyl (C=O) groups excluding carboxylic acids is 3. The number of amides is 3. The van der Waals surface area contributed by atoms with E-state index in [0.29, 0.717) is 32.2 Å². The quantitative estimate of drug-likeness (QED) is 0.800.